The van der Waals surface area contributed by atoms with Crippen molar-refractivity contribution in [1.29, 1.82) is 0 Å². The molecule has 0 spiro atoms. The molecule has 3 aliphatic carbocycles. The number of carbonyl (C=O) groups is 3. The maximum Gasteiger partial charge on any atom is 0.244 e. The molecule has 0 bridgehead atoms. The fourth-order valence-corrected chi connectivity index (χ4v) is 15.5. The number of carbonyl (C=O) groups excluding carboxylic acids is 3. The number of allylic oxidation sites excluding steroid dienone is 3. The van der Waals surface area contributed by atoms with Crippen LogP contribution in [-0.4, -0.2) is 266 Å². The number of anilines is 9. The average Bonchev–Trinajstić information content (AvgIpc) is 1.62. The molecule has 3 fully saturated rings. The number of hydrogen-bond donors (Lipinski definition) is 9. The SMILES string of the molecule is COC[C@H](C(=O)Nc1cccc2c1CC=C2c1nc(Nc2ccc(CO)nc2)ncc1C)N1CCN(C)CC1.COC[C@H](C(=O)Nc1cccc2c1CC=C2c1nc(Nc2ccnc(CO)c2)ncc1C)N1CCN(C)CC1.COC[C@H](C(=O)Nc1cccc2c1CC=C2c1nc(Nc2cnc(CO)c(C)c2)ncc1C)N1CCN(C)CC1. The number of nitrogens with one attached hydrogen (secondary N) is 6. The summed E-state index contributed by atoms with van der Waals surface area (Å²) in [6, 6.07) is 26.1. The van der Waals surface area contributed by atoms with E-state index in [4.69, 9.17) is 29.2 Å². The first-order valence-electron chi connectivity index (χ1n) is 40.0. The molecule has 618 valence electrons. The Hall–Kier alpha value is -11.1. The van der Waals surface area contributed by atoms with Gasteiger partial charge in [0, 0.05) is 164 Å². The number of rotatable bonds is 27. The zero-order valence-corrected chi connectivity index (χ0v) is 68.9. The zero-order valence-electron chi connectivity index (χ0n) is 68.9. The summed E-state index contributed by atoms with van der Waals surface area (Å²) in [6.07, 6.45) is 18.9. The maximum atomic E-state index is 13.5. The number of nitrogens with zero attached hydrogens (tertiary/aromatic N) is 15. The van der Waals surface area contributed by atoms with E-state index in [0.717, 1.165) is 202 Å². The first-order chi connectivity index (χ1) is 57.3. The van der Waals surface area contributed by atoms with Gasteiger partial charge < -0.3 is 76.1 Å². The van der Waals surface area contributed by atoms with E-state index in [1.54, 1.807) is 70.5 Å². The number of hydrogen-bond acceptors (Lipinski definition) is 27. The summed E-state index contributed by atoms with van der Waals surface area (Å²) in [5.41, 5.74) is 22.2. The van der Waals surface area contributed by atoms with Crippen LogP contribution in [0.1, 0.15) is 89.8 Å². The van der Waals surface area contributed by atoms with Gasteiger partial charge in [0.15, 0.2) is 0 Å². The van der Waals surface area contributed by atoms with Gasteiger partial charge in [0.25, 0.3) is 0 Å². The van der Waals surface area contributed by atoms with E-state index in [0.29, 0.717) is 74.0 Å². The minimum absolute atomic E-state index is 0.0472. The molecule has 0 saturated carbocycles. The van der Waals surface area contributed by atoms with Gasteiger partial charge in [-0.1, -0.05) is 54.6 Å². The first kappa shape index (κ1) is 84.8. The van der Waals surface area contributed by atoms with Crippen molar-refractivity contribution < 1.29 is 43.9 Å². The summed E-state index contributed by atoms with van der Waals surface area (Å²) in [6.45, 7) is 19.2. The molecule has 6 aromatic heterocycles. The molecule has 15 rings (SSSR count). The van der Waals surface area contributed by atoms with Crippen LogP contribution in [0, 0.1) is 27.7 Å². The summed E-state index contributed by atoms with van der Waals surface area (Å²) in [7, 11) is 11.2. The van der Waals surface area contributed by atoms with E-state index in [1.807, 2.05) is 82.4 Å². The van der Waals surface area contributed by atoms with Gasteiger partial charge in [-0.25, -0.2) is 29.9 Å². The number of aromatic nitrogens is 9. The number of fused-ring (bicyclic) bond motifs is 3. The molecule has 3 aromatic carbocycles. The molecule has 9 aromatic rings. The third-order valence-corrected chi connectivity index (χ3v) is 22.3. The standard InChI is InChI=1S/C30H37N7O3.2C29H35N7O3/c1-19-14-21(16-31-26(19)17-38)33-30-32-15-20(2)28(35-30)24-9-8-23-22(24)6-5-7-25(23)34-29(39)27(18-40-4)37-12-10-36(3)11-13-37;1-19-16-31-29(32-20-9-10-30-21(15-20)17-37)34-27(19)24-8-7-23-22(24)5-4-6-25(23)33-28(38)26(18-39-3)36-13-11-35(2)12-14-36;1-19-15-31-29(32-20-7-8-21(17-37)30-16-20)34-27(19)24-10-9-23-22(24)5-4-6-25(23)33-28(38)26(18-39-3)36-13-11-35(2)12-14-36/h5-7,9,14-16,27,38H,8,10-13,17-18H2,1-4H3,(H,34,39)(H,32,33,35);4-6,8-10,15-16,26,37H,7,11-14,17-18H2,1-3H3,(H,33,38)(H,30,31,32,34);4-8,10,15-16,26,37H,9,11-14,17-18H2,1-3H3,(H,33,38)(H,31,32,34)/t27-;2*26-/m111/s1. The molecular formula is C88H107N21O9. The number of likely N-dealkylation sites (N-methyl/N-ethyl adjacent to an activating group) is 3. The smallest absolute Gasteiger partial charge is 0.244 e. The summed E-state index contributed by atoms with van der Waals surface area (Å²) in [4.78, 5) is 94.3. The van der Waals surface area contributed by atoms with Gasteiger partial charge in [-0.3, -0.25) is 44.0 Å². The molecule has 30 heteroatoms. The Morgan fingerprint density at radius 2 is 0.771 bits per heavy atom. The topological polar surface area (TPSA) is 347 Å². The van der Waals surface area contributed by atoms with E-state index >= 15 is 0 Å². The van der Waals surface area contributed by atoms with Crippen LogP contribution < -0.4 is 31.9 Å². The average molecular weight is 1600 g/mol. The molecule has 3 aliphatic heterocycles. The molecule has 6 aliphatic rings. The zero-order chi connectivity index (χ0) is 82.9. The van der Waals surface area contributed by atoms with Gasteiger partial charge in [-0.15, -0.1) is 0 Å². The number of amides is 3. The molecule has 3 amide bonds. The molecule has 9 N–H and O–H groups in total. The normalized spacial score (nSPS) is 16.4. The van der Waals surface area contributed by atoms with E-state index < -0.39 is 0 Å². The molecule has 118 heavy (non-hydrogen) atoms. The number of piperazine rings is 3. The summed E-state index contributed by atoms with van der Waals surface area (Å²) >= 11 is 0. The van der Waals surface area contributed by atoms with Crippen LogP contribution in [0.2, 0.25) is 0 Å². The second-order valence-corrected chi connectivity index (χ2v) is 30.4. The van der Waals surface area contributed by atoms with Crippen LogP contribution in [0.5, 0.6) is 0 Å². The number of methoxy groups -OCH3 is 3. The van der Waals surface area contributed by atoms with E-state index in [-0.39, 0.29) is 55.7 Å². The van der Waals surface area contributed by atoms with Crippen molar-refractivity contribution in [3.8, 4) is 0 Å². The highest BCUT2D eigenvalue weighted by Gasteiger charge is 2.35. The van der Waals surface area contributed by atoms with E-state index in [9.17, 15) is 29.7 Å². The second-order valence-electron chi connectivity index (χ2n) is 30.4. The molecule has 3 saturated heterocycles. The third kappa shape index (κ3) is 20.5. The predicted molar refractivity (Wildman–Crippen MR) is 457 cm³/mol. The minimum atomic E-state index is -0.342. The molecule has 30 nitrogen and oxygen atoms in total. The van der Waals surface area contributed by atoms with Gasteiger partial charge in [-0.05, 0) is 172 Å². The van der Waals surface area contributed by atoms with Gasteiger partial charge in [0.05, 0.1) is 97.6 Å². The van der Waals surface area contributed by atoms with Gasteiger partial charge in [0.1, 0.15) is 18.1 Å². The van der Waals surface area contributed by atoms with Gasteiger partial charge >= 0.3 is 0 Å². The van der Waals surface area contributed by atoms with Crippen LogP contribution in [-0.2, 0) is 67.7 Å². The Morgan fingerprint density at radius 1 is 0.398 bits per heavy atom. The molecule has 0 unspecified atom stereocenters. The lowest BCUT2D eigenvalue weighted by Gasteiger charge is -2.36. The van der Waals surface area contributed by atoms with Crippen molar-refractivity contribution >= 4 is 86.4 Å². The Kier molecular flexibility index (Phi) is 28.7. The monoisotopic (exact) mass is 1600 g/mol. The second kappa shape index (κ2) is 39.9. The largest absolute Gasteiger partial charge is 0.390 e. The maximum absolute atomic E-state index is 13.5. The highest BCUT2D eigenvalue weighted by molar-refractivity contribution is 6.00. The van der Waals surface area contributed by atoms with Crippen molar-refractivity contribution in [2.24, 2.45) is 0 Å². The predicted octanol–water partition coefficient (Wildman–Crippen LogP) is 8.12. The van der Waals surface area contributed by atoms with Gasteiger partial charge in [-0.2, -0.15) is 0 Å². The van der Waals surface area contributed by atoms with Crippen molar-refractivity contribution in [1.82, 2.24) is 74.3 Å². The Bertz CT molecular complexity index is 5140. The number of benzene rings is 3. The fraction of sp³-hybridized carbons (Fsp3) is 0.386. The summed E-state index contributed by atoms with van der Waals surface area (Å²) in [5, 5.41) is 47.3. The minimum Gasteiger partial charge on any atom is -0.390 e. The van der Waals surface area contributed by atoms with Crippen LogP contribution in [0.4, 0.5) is 52.0 Å². The van der Waals surface area contributed by atoms with Crippen molar-refractivity contribution in [2.45, 2.75) is 84.9 Å². The third-order valence-electron chi connectivity index (χ3n) is 22.3. The lowest BCUT2D eigenvalue weighted by molar-refractivity contribution is -0.124. The van der Waals surface area contributed by atoms with Crippen LogP contribution in [0.15, 0.2) is 140 Å². The number of ether oxygens (including phenoxy) is 3. The van der Waals surface area contributed by atoms with Crippen LogP contribution in [0.25, 0.3) is 16.7 Å². The number of aliphatic hydroxyl groups is 3. The van der Waals surface area contributed by atoms with Crippen molar-refractivity contribution in [3.05, 3.63) is 230 Å². The molecular weight excluding hydrogens is 1500 g/mol. The number of aryl methyl sites for hydroxylation is 4. The molecule has 3 atom stereocenters. The Morgan fingerprint density at radius 3 is 1.12 bits per heavy atom. The molecule has 0 radical (unpaired) electrons. The van der Waals surface area contributed by atoms with Crippen LogP contribution >= 0.6 is 0 Å². The quantitative estimate of drug-likeness (QED) is 0.0234. The number of aliphatic hydroxyl groups excluding tert-OH is 3. The van der Waals surface area contributed by atoms with E-state index in [2.05, 4.69) is 149 Å². The lowest BCUT2D eigenvalue weighted by Crippen LogP contribution is -2.54. The fourth-order valence-electron chi connectivity index (χ4n) is 15.5. The Labute approximate surface area is 689 Å². The lowest BCUT2D eigenvalue weighted by atomic mass is 9.99. The van der Waals surface area contributed by atoms with Crippen molar-refractivity contribution in [3.63, 3.8) is 0 Å². The highest BCUT2D eigenvalue weighted by atomic mass is 16.5. The van der Waals surface area contributed by atoms with Crippen molar-refractivity contribution in [2.75, 3.05) is 173 Å². The number of pyridine rings is 3. The Balaban J connectivity index is 0.000000153. The molecule has 9 heterocycles. The first-order valence-corrected chi connectivity index (χ1v) is 40.0. The highest BCUT2D eigenvalue weighted by Crippen LogP contribution is 2.41. The summed E-state index contributed by atoms with van der Waals surface area (Å²) in [5.74, 6) is 1.24. The van der Waals surface area contributed by atoms with E-state index in [1.165, 1.54) is 0 Å². The van der Waals surface area contributed by atoms with Crippen LogP contribution in [0.3, 0.4) is 0 Å². The van der Waals surface area contributed by atoms with Gasteiger partial charge in [0.2, 0.25) is 35.6 Å². The summed E-state index contributed by atoms with van der Waals surface area (Å²) < 4.78 is 16.3.